The van der Waals surface area contributed by atoms with Gasteiger partial charge in [-0.25, -0.2) is 0 Å². The molecule has 16 heavy (non-hydrogen) atoms. The Hall–Kier alpha value is -1.39. The van der Waals surface area contributed by atoms with Crippen LogP contribution in [0.1, 0.15) is 12.0 Å². The van der Waals surface area contributed by atoms with Crippen molar-refractivity contribution in [2.24, 2.45) is 11.5 Å². The number of likely N-dealkylation sites (tertiary alicyclic amines) is 1. The first-order valence-electron chi connectivity index (χ1n) is 5.49. The Bertz CT molecular complexity index is 366. The lowest BCUT2D eigenvalue weighted by molar-refractivity contribution is -0.122. The van der Waals surface area contributed by atoms with E-state index in [0.717, 1.165) is 13.1 Å². The number of hydrogen-bond donors (Lipinski definition) is 2. The molecule has 0 bridgehead atoms. The fraction of sp³-hybridized carbons (Fsp3) is 0.417. The summed E-state index contributed by atoms with van der Waals surface area (Å²) in [7, 11) is 0. The first-order valence-corrected chi connectivity index (χ1v) is 5.49. The molecule has 0 unspecified atom stereocenters. The van der Waals surface area contributed by atoms with Crippen LogP contribution in [0.5, 0.6) is 0 Å². The molecule has 4 heteroatoms. The van der Waals surface area contributed by atoms with Gasteiger partial charge in [-0.3, -0.25) is 9.69 Å². The minimum atomic E-state index is -0.274. The molecular formula is C12H17N3O. The quantitative estimate of drug-likeness (QED) is 0.756. The average Bonchev–Trinajstić information content (AvgIpc) is 2.61. The molecule has 1 heterocycles. The predicted octanol–water partition coefficient (Wildman–Crippen LogP) is 0.0735. The van der Waals surface area contributed by atoms with Gasteiger partial charge in [-0.2, -0.15) is 0 Å². The van der Waals surface area contributed by atoms with Crippen LogP contribution < -0.4 is 11.5 Å². The van der Waals surface area contributed by atoms with Gasteiger partial charge < -0.3 is 11.5 Å². The van der Waals surface area contributed by atoms with Crippen molar-refractivity contribution in [2.75, 3.05) is 6.54 Å². The summed E-state index contributed by atoms with van der Waals surface area (Å²) in [5.41, 5.74) is 12.4. The molecule has 1 aromatic carbocycles. The van der Waals surface area contributed by atoms with Crippen LogP contribution in [0.4, 0.5) is 0 Å². The summed E-state index contributed by atoms with van der Waals surface area (Å²) < 4.78 is 0. The molecule has 2 atom stereocenters. The minimum absolute atomic E-state index is 0.0567. The first-order chi connectivity index (χ1) is 7.66. The third-order valence-electron chi connectivity index (χ3n) is 2.99. The van der Waals surface area contributed by atoms with Gasteiger partial charge in [0.1, 0.15) is 0 Å². The standard InChI is InChI=1S/C12H17N3O/c13-10-6-11(12(14)16)15(8-10)7-9-4-2-1-3-5-9/h1-5,10-11H,6-8,13H2,(H2,14,16)/t10-,11+/m1/s1. The van der Waals surface area contributed by atoms with Crippen molar-refractivity contribution in [3.8, 4) is 0 Å². The van der Waals surface area contributed by atoms with Gasteiger partial charge in [0.2, 0.25) is 5.91 Å². The maximum absolute atomic E-state index is 11.3. The number of amides is 1. The Morgan fingerprint density at radius 1 is 1.38 bits per heavy atom. The van der Waals surface area contributed by atoms with E-state index in [1.807, 2.05) is 30.3 Å². The number of hydrogen-bond acceptors (Lipinski definition) is 3. The number of primary amides is 1. The zero-order valence-corrected chi connectivity index (χ0v) is 9.17. The third-order valence-corrected chi connectivity index (χ3v) is 2.99. The molecular weight excluding hydrogens is 202 g/mol. The maximum atomic E-state index is 11.3. The molecule has 1 aliphatic rings. The summed E-state index contributed by atoms with van der Waals surface area (Å²) in [5, 5.41) is 0. The second-order valence-corrected chi connectivity index (χ2v) is 4.33. The topological polar surface area (TPSA) is 72.3 Å². The van der Waals surface area contributed by atoms with E-state index < -0.39 is 0 Å². The number of benzene rings is 1. The second kappa shape index (κ2) is 4.63. The monoisotopic (exact) mass is 219 g/mol. The zero-order valence-electron chi connectivity index (χ0n) is 9.17. The van der Waals surface area contributed by atoms with Crippen LogP contribution in [-0.2, 0) is 11.3 Å². The SMILES string of the molecule is NC(=O)[C@@H]1C[C@@H](N)CN1Cc1ccccc1. The molecule has 0 aliphatic carbocycles. The fourth-order valence-electron chi connectivity index (χ4n) is 2.23. The van der Waals surface area contributed by atoms with Crippen LogP contribution in [0.15, 0.2) is 30.3 Å². The molecule has 4 nitrogen and oxygen atoms in total. The summed E-state index contributed by atoms with van der Waals surface area (Å²) in [5.74, 6) is -0.274. The molecule has 2 rings (SSSR count). The number of nitrogens with two attached hydrogens (primary N) is 2. The molecule has 86 valence electrons. The van der Waals surface area contributed by atoms with Crippen LogP contribution in [0.2, 0.25) is 0 Å². The van der Waals surface area contributed by atoms with Crippen molar-refractivity contribution in [3.63, 3.8) is 0 Å². The van der Waals surface area contributed by atoms with Crippen LogP contribution in [0.25, 0.3) is 0 Å². The normalized spacial score (nSPS) is 25.8. The summed E-state index contributed by atoms with van der Waals surface area (Å²) in [6.45, 7) is 1.48. The van der Waals surface area contributed by atoms with E-state index in [2.05, 4.69) is 4.90 Å². The third kappa shape index (κ3) is 2.40. The molecule has 1 amide bonds. The summed E-state index contributed by atoms with van der Waals surface area (Å²) in [6, 6.07) is 9.89. The van der Waals surface area contributed by atoms with Gasteiger partial charge in [-0.1, -0.05) is 30.3 Å². The summed E-state index contributed by atoms with van der Waals surface area (Å²) >= 11 is 0. The van der Waals surface area contributed by atoms with Gasteiger partial charge >= 0.3 is 0 Å². The van der Waals surface area contributed by atoms with Crippen molar-refractivity contribution in [1.29, 1.82) is 0 Å². The van der Waals surface area contributed by atoms with Crippen molar-refractivity contribution in [2.45, 2.75) is 25.0 Å². The van der Waals surface area contributed by atoms with Crippen molar-refractivity contribution >= 4 is 5.91 Å². The van der Waals surface area contributed by atoms with Gasteiger partial charge in [0.25, 0.3) is 0 Å². The first kappa shape index (κ1) is 11.1. The Kier molecular flexibility index (Phi) is 3.22. The predicted molar refractivity (Wildman–Crippen MR) is 62.4 cm³/mol. The number of rotatable bonds is 3. The van der Waals surface area contributed by atoms with E-state index in [-0.39, 0.29) is 18.0 Å². The van der Waals surface area contributed by atoms with Crippen molar-refractivity contribution in [3.05, 3.63) is 35.9 Å². The largest absolute Gasteiger partial charge is 0.368 e. The van der Waals surface area contributed by atoms with Gasteiger partial charge in [0, 0.05) is 19.1 Å². The van der Waals surface area contributed by atoms with E-state index in [0.29, 0.717) is 6.42 Å². The van der Waals surface area contributed by atoms with Crippen LogP contribution in [0.3, 0.4) is 0 Å². The molecule has 0 radical (unpaired) electrons. The van der Waals surface area contributed by atoms with Gasteiger partial charge in [0.05, 0.1) is 6.04 Å². The van der Waals surface area contributed by atoms with E-state index in [4.69, 9.17) is 11.5 Å². The van der Waals surface area contributed by atoms with E-state index >= 15 is 0 Å². The molecule has 0 aromatic heterocycles. The summed E-state index contributed by atoms with van der Waals surface area (Å²) in [4.78, 5) is 13.3. The van der Waals surface area contributed by atoms with Crippen LogP contribution in [-0.4, -0.2) is 29.4 Å². The number of nitrogens with zero attached hydrogens (tertiary/aromatic N) is 1. The fourth-order valence-corrected chi connectivity index (χ4v) is 2.23. The highest BCUT2D eigenvalue weighted by atomic mass is 16.1. The lowest BCUT2D eigenvalue weighted by Gasteiger charge is -2.21. The Balaban J connectivity index is 2.06. The average molecular weight is 219 g/mol. The van der Waals surface area contributed by atoms with E-state index in [1.54, 1.807) is 0 Å². The Morgan fingerprint density at radius 2 is 2.06 bits per heavy atom. The van der Waals surface area contributed by atoms with Gasteiger partial charge in [-0.15, -0.1) is 0 Å². The van der Waals surface area contributed by atoms with E-state index in [9.17, 15) is 4.79 Å². The molecule has 0 saturated carbocycles. The molecule has 0 spiro atoms. The maximum Gasteiger partial charge on any atom is 0.234 e. The molecule has 4 N–H and O–H groups in total. The molecule has 1 aliphatic heterocycles. The highest BCUT2D eigenvalue weighted by molar-refractivity contribution is 5.80. The minimum Gasteiger partial charge on any atom is -0.368 e. The second-order valence-electron chi connectivity index (χ2n) is 4.33. The van der Waals surface area contributed by atoms with Crippen molar-refractivity contribution in [1.82, 2.24) is 4.90 Å². The Morgan fingerprint density at radius 3 is 2.69 bits per heavy atom. The lowest BCUT2D eigenvalue weighted by atomic mass is 10.1. The molecule has 1 aromatic rings. The molecule has 1 fully saturated rings. The number of carbonyl (C=O) groups excluding carboxylic acids is 1. The lowest BCUT2D eigenvalue weighted by Crippen LogP contribution is -2.39. The van der Waals surface area contributed by atoms with Gasteiger partial charge in [0.15, 0.2) is 0 Å². The highest BCUT2D eigenvalue weighted by Crippen LogP contribution is 2.19. The number of carbonyl (C=O) groups is 1. The van der Waals surface area contributed by atoms with Gasteiger partial charge in [-0.05, 0) is 12.0 Å². The van der Waals surface area contributed by atoms with E-state index in [1.165, 1.54) is 5.56 Å². The highest BCUT2D eigenvalue weighted by Gasteiger charge is 2.33. The van der Waals surface area contributed by atoms with Crippen molar-refractivity contribution < 1.29 is 4.79 Å². The zero-order chi connectivity index (χ0) is 11.5. The summed E-state index contributed by atoms with van der Waals surface area (Å²) in [6.07, 6.45) is 0.669. The van der Waals surface area contributed by atoms with Crippen LogP contribution >= 0.6 is 0 Å². The molecule has 1 saturated heterocycles. The van der Waals surface area contributed by atoms with Crippen LogP contribution in [0, 0.1) is 0 Å². The Labute approximate surface area is 95.2 Å². The smallest absolute Gasteiger partial charge is 0.234 e.